The van der Waals surface area contributed by atoms with Crippen LogP contribution in [0.15, 0.2) is 36.4 Å². The quantitative estimate of drug-likeness (QED) is 0.776. The highest BCUT2D eigenvalue weighted by Crippen LogP contribution is 2.29. The second kappa shape index (κ2) is 7.01. The van der Waals surface area contributed by atoms with E-state index >= 15 is 0 Å². The topological polar surface area (TPSA) is 58.2 Å². The van der Waals surface area contributed by atoms with E-state index in [9.17, 15) is 9.59 Å². The lowest BCUT2D eigenvalue weighted by molar-refractivity contribution is -0.133. The molecule has 2 aromatic carbocycles. The standard InChI is InChI=1S/C15H11Cl3N2O2/c1-8-5-6-9(16)7-12(8)20-15(22)14(21)19-11-4-2-3-10(17)13(11)18/h2-7H,1H3,(H,19,21)(H,20,22). The zero-order valence-corrected chi connectivity index (χ0v) is 13.7. The predicted octanol–water partition coefficient (Wildman–Crippen LogP) is 4.53. The van der Waals surface area contributed by atoms with E-state index in [2.05, 4.69) is 10.6 Å². The maximum absolute atomic E-state index is 11.9. The summed E-state index contributed by atoms with van der Waals surface area (Å²) in [6, 6.07) is 9.73. The number of nitrogens with one attached hydrogen (secondary N) is 2. The maximum atomic E-state index is 11.9. The summed E-state index contributed by atoms with van der Waals surface area (Å²) in [5, 5.41) is 5.81. The van der Waals surface area contributed by atoms with Gasteiger partial charge in [-0.1, -0.05) is 46.9 Å². The monoisotopic (exact) mass is 356 g/mol. The highest BCUT2D eigenvalue weighted by molar-refractivity contribution is 6.47. The Morgan fingerprint density at radius 1 is 0.909 bits per heavy atom. The van der Waals surface area contributed by atoms with Crippen molar-refractivity contribution in [2.75, 3.05) is 10.6 Å². The SMILES string of the molecule is Cc1ccc(Cl)cc1NC(=O)C(=O)Nc1cccc(Cl)c1Cl. The minimum atomic E-state index is -0.858. The maximum Gasteiger partial charge on any atom is 0.314 e. The number of hydrogen-bond donors (Lipinski definition) is 2. The van der Waals surface area contributed by atoms with Gasteiger partial charge in [0.2, 0.25) is 0 Å². The fourth-order valence-electron chi connectivity index (χ4n) is 1.69. The molecule has 0 bridgehead atoms. The molecular weight excluding hydrogens is 347 g/mol. The van der Waals surface area contributed by atoms with Gasteiger partial charge in [0.05, 0.1) is 15.7 Å². The summed E-state index contributed by atoms with van der Waals surface area (Å²) in [6.07, 6.45) is 0. The Kier molecular flexibility index (Phi) is 5.29. The minimum Gasteiger partial charge on any atom is -0.317 e. The molecule has 0 saturated heterocycles. The number of halogens is 3. The molecular formula is C15H11Cl3N2O2. The van der Waals surface area contributed by atoms with Gasteiger partial charge in [0, 0.05) is 10.7 Å². The van der Waals surface area contributed by atoms with Crippen molar-refractivity contribution in [3.63, 3.8) is 0 Å². The highest BCUT2D eigenvalue weighted by atomic mass is 35.5. The number of carbonyl (C=O) groups is 2. The van der Waals surface area contributed by atoms with Gasteiger partial charge in [0.1, 0.15) is 0 Å². The van der Waals surface area contributed by atoms with Crippen LogP contribution in [0.1, 0.15) is 5.56 Å². The van der Waals surface area contributed by atoms with Gasteiger partial charge in [0.15, 0.2) is 0 Å². The molecule has 0 aliphatic rings. The average Bonchev–Trinajstić information content (AvgIpc) is 2.47. The number of carbonyl (C=O) groups excluding carboxylic acids is 2. The first-order valence-electron chi connectivity index (χ1n) is 6.21. The van der Waals surface area contributed by atoms with Gasteiger partial charge in [-0.2, -0.15) is 0 Å². The van der Waals surface area contributed by atoms with Crippen LogP contribution in [-0.2, 0) is 9.59 Å². The van der Waals surface area contributed by atoms with Gasteiger partial charge in [-0.15, -0.1) is 0 Å². The van der Waals surface area contributed by atoms with Crippen LogP contribution in [0, 0.1) is 6.92 Å². The van der Waals surface area contributed by atoms with Gasteiger partial charge in [-0.05, 0) is 36.8 Å². The molecule has 0 saturated carbocycles. The van der Waals surface area contributed by atoms with E-state index < -0.39 is 11.8 Å². The summed E-state index contributed by atoms with van der Waals surface area (Å²) in [6.45, 7) is 1.79. The van der Waals surface area contributed by atoms with Gasteiger partial charge >= 0.3 is 11.8 Å². The molecule has 4 nitrogen and oxygen atoms in total. The summed E-state index contributed by atoms with van der Waals surface area (Å²) < 4.78 is 0. The number of hydrogen-bond acceptors (Lipinski definition) is 2. The fourth-order valence-corrected chi connectivity index (χ4v) is 2.21. The number of aryl methyl sites for hydroxylation is 1. The minimum absolute atomic E-state index is 0.171. The summed E-state index contributed by atoms with van der Waals surface area (Å²) in [5.74, 6) is -1.69. The number of rotatable bonds is 2. The molecule has 0 aliphatic carbocycles. The first-order chi connectivity index (χ1) is 10.4. The zero-order valence-electron chi connectivity index (χ0n) is 11.4. The first-order valence-corrected chi connectivity index (χ1v) is 7.34. The molecule has 0 fully saturated rings. The van der Waals surface area contributed by atoms with E-state index in [0.29, 0.717) is 10.7 Å². The number of benzene rings is 2. The van der Waals surface area contributed by atoms with E-state index in [1.165, 1.54) is 0 Å². The molecule has 114 valence electrons. The highest BCUT2D eigenvalue weighted by Gasteiger charge is 2.17. The van der Waals surface area contributed by atoms with Crippen molar-refractivity contribution < 1.29 is 9.59 Å². The van der Waals surface area contributed by atoms with E-state index in [-0.39, 0.29) is 15.7 Å². The molecule has 2 rings (SSSR count). The Bertz CT molecular complexity index is 734. The molecule has 0 aromatic heterocycles. The molecule has 7 heteroatoms. The molecule has 0 radical (unpaired) electrons. The summed E-state index contributed by atoms with van der Waals surface area (Å²) in [4.78, 5) is 23.9. The van der Waals surface area contributed by atoms with Crippen LogP contribution >= 0.6 is 34.8 Å². The van der Waals surface area contributed by atoms with Gasteiger partial charge < -0.3 is 10.6 Å². The summed E-state index contributed by atoms with van der Waals surface area (Å²) >= 11 is 17.7. The first kappa shape index (κ1) is 16.6. The largest absolute Gasteiger partial charge is 0.317 e. The van der Waals surface area contributed by atoms with Crippen molar-refractivity contribution in [3.05, 3.63) is 57.0 Å². The van der Waals surface area contributed by atoms with Crippen molar-refractivity contribution in [1.82, 2.24) is 0 Å². The lowest BCUT2D eigenvalue weighted by Crippen LogP contribution is -2.29. The van der Waals surface area contributed by atoms with Crippen molar-refractivity contribution in [3.8, 4) is 0 Å². The molecule has 0 spiro atoms. The smallest absolute Gasteiger partial charge is 0.314 e. The van der Waals surface area contributed by atoms with Crippen LogP contribution in [0.4, 0.5) is 11.4 Å². The van der Waals surface area contributed by atoms with Crippen molar-refractivity contribution >= 4 is 58.0 Å². The van der Waals surface area contributed by atoms with Crippen LogP contribution in [0.2, 0.25) is 15.1 Å². The Hall–Kier alpha value is -1.75. The lowest BCUT2D eigenvalue weighted by Gasteiger charge is -2.10. The Balaban J connectivity index is 2.11. The summed E-state index contributed by atoms with van der Waals surface area (Å²) in [7, 11) is 0. The van der Waals surface area contributed by atoms with E-state index in [4.69, 9.17) is 34.8 Å². The molecule has 0 atom stereocenters. The second-order valence-corrected chi connectivity index (χ2v) is 5.69. The van der Waals surface area contributed by atoms with Crippen LogP contribution in [0.25, 0.3) is 0 Å². The average molecular weight is 358 g/mol. The van der Waals surface area contributed by atoms with Gasteiger partial charge in [-0.3, -0.25) is 9.59 Å². The molecule has 2 aromatic rings. The van der Waals surface area contributed by atoms with Gasteiger partial charge in [0.25, 0.3) is 0 Å². The van der Waals surface area contributed by atoms with Crippen LogP contribution in [0.3, 0.4) is 0 Å². The summed E-state index contributed by atoms with van der Waals surface area (Å²) in [5.41, 5.74) is 1.51. The second-order valence-electron chi connectivity index (χ2n) is 4.47. The number of anilines is 2. The van der Waals surface area contributed by atoms with Crippen molar-refractivity contribution in [2.24, 2.45) is 0 Å². The van der Waals surface area contributed by atoms with E-state index in [1.807, 2.05) is 0 Å². The molecule has 22 heavy (non-hydrogen) atoms. The zero-order chi connectivity index (χ0) is 16.3. The fraction of sp³-hybridized carbons (Fsp3) is 0.0667. The van der Waals surface area contributed by atoms with Crippen LogP contribution < -0.4 is 10.6 Å². The van der Waals surface area contributed by atoms with Gasteiger partial charge in [-0.25, -0.2) is 0 Å². The third-order valence-corrected chi connectivity index (χ3v) is 3.91. The van der Waals surface area contributed by atoms with Crippen LogP contribution in [-0.4, -0.2) is 11.8 Å². The third-order valence-electron chi connectivity index (χ3n) is 2.85. The Morgan fingerprint density at radius 2 is 1.55 bits per heavy atom. The van der Waals surface area contributed by atoms with E-state index in [0.717, 1.165) is 5.56 Å². The molecule has 0 heterocycles. The normalized spacial score (nSPS) is 10.2. The van der Waals surface area contributed by atoms with Crippen molar-refractivity contribution in [1.29, 1.82) is 0 Å². The number of amides is 2. The van der Waals surface area contributed by atoms with Crippen molar-refractivity contribution in [2.45, 2.75) is 6.92 Å². The molecule has 0 unspecified atom stereocenters. The molecule has 0 aliphatic heterocycles. The Morgan fingerprint density at radius 3 is 2.23 bits per heavy atom. The third kappa shape index (κ3) is 3.91. The lowest BCUT2D eigenvalue weighted by atomic mass is 10.2. The molecule has 2 N–H and O–H groups in total. The predicted molar refractivity (Wildman–Crippen MR) is 89.9 cm³/mol. The Labute approximate surface area is 142 Å². The van der Waals surface area contributed by atoms with Crippen LogP contribution in [0.5, 0.6) is 0 Å². The molecule has 2 amide bonds. The van der Waals surface area contributed by atoms with E-state index in [1.54, 1.807) is 43.3 Å².